The highest BCUT2D eigenvalue weighted by Crippen LogP contribution is 2.33. The Kier molecular flexibility index (Phi) is 5.07. The van der Waals surface area contributed by atoms with Gasteiger partial charge in [-0.25, -0.2) is 12.8 Å². The molecule has 1 aromatic rings. The molecule has 1 aromatic carbocycles. The highest BCUT2D eigenvalue weighted by atomic mass is 79.9. The lowest BCUT2D eigenvalue weighted by Crippen LogP contribution is -2.30. The summed E-state index contributed by atoms with van der Waals surface area (Å²) in [6.45, 7) is 4.20. The van der Waals surface area contributed by atoms with Gasteiger partial charge in [0.15, 0.2) is 0 Å². The number of hydrogen-bond acceptors (Lipinski definition) is 3. The minimum absolute atomic E-state index is 0.00520. The van der Waals surface area contributed by atoms with Crippen LogP contribution in [0.2, 0.25) is 0 Å². The summed E-state index contributed by atoms with van der Waals surface area (Å²) in [7, 11) is -2.28. The molecule has 4 nitrogen and oxygen atoms in total. The van der Waals surface area contributed by atoms with Crippen LogP contribution in [0.25, 0.3) is 0 Å². The summed E-state index contributed by atoms with van der Waals surface area (Å²) in [5, 5.41) is 3.10. The number of rotatable bonds is 6. The first-order valence-electron chi connectivity index (χ1n) is 6.93. The minimum atomic E-state index is -3.79. The van der Waals surface area contributed by atoms with Crippen molar-refractivity contribution in [3.8, 4) is 0 Å². The van der Waals surface area contributed by atoms with Gasteiger partial charge in [-0.3, -0.25) is 0 Å². The molecule has 1 N–H and O–H groups in total. The van der Waals surface area contributed by atoms with E-state index >= 15 is 0 Å². The van der Waals surface area contributed by atoms with Crippen molar-refractivity contribution in [3.63, 3.8) is 0 Å². The number of nitrogens with zero attached hydrogens (tertiary/aromatic N) is 1. The monoisotopic (exact) mass is 378 g/mol. The number of nitrogens with one attached hydrogen (secondary N) is 1. The molecule has 0 spiro atoms. The highest BCUT2D eigenvalue weighted by molar-refractivity contribution is 9.10. The van der Waals surface area contributed by atoms with Crippen LogP contribution in [0, 0.1) is 5.82 Å². The van der Waals surface area contributed by atoms with E-state index in [1.54, 1.807) is 6.07 Å². The smallest absolute Gasteiger partial charge is 0.246 e. The van der Waals surface area contributed by atoms with E-state index in [1.807, 2.05) is 13.8 Å². The van der Waals surface area contributed by atoms with Crippen molar-refractivity contribution < 1.29 is 12.8 Å². The maximum Gasteiger partial charge on any atom is 0.246 e. The molecule has 1 aliphatic rings. The zero-order valence-electron chi connectivity index (χ0n) is 12.4. The third-order valence-electron chi connectivity index (χ3n) is 3.50. The predicted octanol–water partition coefficient (Wildman–Crippen LogP) is 2.87. The largest absolute Gasteiger partial charge is 0.310 e. The van der Waals surface area contributed by atoms with Gasteiger partial charge in [0, 0.05) is 35.7 Å². The molecule has 0 atom stereocenters. The Hall–Kier alpha value is -0.500. The van der Waals surface area contributed by atoms with Crippen molar-refractivity contribution in [3.05, 3.63) is 28.0 Å². The van der Waals surface area contributed by atoms with Crippen molar-refractivity contribution in [2.75, 3.05) is 7.05 Å². The average molecular weight is 379 g/mol. The van der Waals surface area contributed by atoms with Crippen LogP contribution in [0.5, 0.6) is 0 Å². The quantitative estimate of drug-likeness (QED) is 0.827. The molecule has 118 valence electrons. The highest BCUT2D eigenvalue weighted by Gasteiger charge is 2.36. The summed E-state index contributed by atoms with van der Waals surface area (Å²) in [4.78, 5) is -0.258. The van der Waals surface area contributed by atoms with Gasteiger partial charge in [0.05, 0.1) is 0 Å². The lowest BCUT2D eigenvalue weighted by atomic mass is 10.2. The molecule has 0 radical (unpaired) electrons. The summed E-state index contributed by atoms with van der Waals surface area (Å²) >= 11 is 3.27. The fourth-order valence-corrected chi connectivity index (χ4v) is 4.24. The van der Waals surface area contributed by atoms with Gasteiger partial charge in [0.2, 0.25) is 10.0 Å². The van der Waals surface area contributed by atoms with E-state index in [1.165, 1.54) is 17.4 Å². The summed E-state index contributed by atoms with van der Waals surface area (Å²) < 4.78 is 41.5. The molecule has 0 heterocycles. The van der Waals surface area contributed by atoms with E-state index < -0.39 is 15.8 Å². The standard InChI is InChI=1S/C14H20BrFN2O2S/c1-9(2)17-8-10-6-11(15)7-13(14(10)16)21(19,20)18(3)12-4-5-12/h6-7,9,12,17H,4-5,8H2,1-3H3. The van der Waals surface area contributed by atoms with E-state index in [-0.39, 0.29) is 17.0 Å². The first-order chi connectivity index (χ1) is 9.73. The summed E-state index contributed by atoms with van der Waals surface area (Å²) in [6.07, 6.45) is 1.68. The maximum atomic E-state index is 14.6. The zero-order chi connectivity index (χ0) is 15.8. The molecule has 0 saturated heterocycles. The first kappa shape index (κ1) is 16.9. The Balaban J connectivity index is 2.39. The molecule has 0 bridgehead atoms. The molecular weight excluding hydrogens is 359 g/mol. The second-order valence-electron chi connectivity index (χ2n) is 5.67. The van der Waals surface area contributed by atoms with Crippen molar-refractivity contribution in [1.82, 2.24) is 9.62 Å². The zero-order valence-corrected chi connectivity index (χ0v) is 14.8. The van der Waals surface area contributed by atoms with Crippen LogP contribution in [0.3, 0.4) is 0 Å². The van der Waals surface area contributed by atoms with Gasteiger partial charge in [0.1, 0.15) is 10.7 Å². The number of sulfonamides is 1. The van der Waals surface area contributed by atoms with Crippen molar-refractivity contribution >= 4 is 26.0 Å². The molecule has 0 amide bonds. The molecule has 2 rings (SSSR count). The fourth-order valence-electron chi connectivity index (χ4n) is 2.04. The van der Waals surface area contributed by atoms with Crippen molar-refractivity contribution in [2.24, 2.45) is 0 Å². The Morgan fingerprint density at radius 2 is 2.05 bits per heavy atom. The third kappa shape index (κ3) is 3.83. The Morgan fingerprint density at radius 3 is 2.57 bits per heavy atom. The van der Waals surface area contributed by atoms with Gasteiger partial charge in [-0.2, -0.15) is 4.31 Å². The van der Waals surface area contributed by atoms with Gasteiger partial charge < -0.3 is 5.32 Å². The Labute approximate surface area is 133 Å². The topological polar surface area (TPSA) is 49.4 Å². The van der Waals surface area contributed by atoms with E-state index in [4.69, 9.17) is 0 Å². The van der Waals surface area contributed by atoms with Crippen LogP contribution in [-0.2, 0) is 16.6 Å². The van der Waals surface area contributed by atoms with Crippen molar-refractivity contribution in [2.45, 2.75) is 50.2 Å². The van der Waals surface area contributed by atoms with Gasteiger partial charge in [-0.05, 0) is 25.0 Å². The lowest BCUT2D eigenvalue weighted by molar-refractivity contribution is 0.455. The van der Waals surface area contributed by atoms with Gasteiger partial charge in [0.25, 0.3) is 0 Å². The molecule has 1 saturated carbocycles. The summed E-state index contributed by atoms with van der Waals surface area (Å²) in [5.74, 6) is -0.668. The first-order valence-corrected chi connectivity index (χ1v) is 9.16. The van der Waals surface area contributed by atoms with Gasteiger partial charge >= 0.3 is 0 Å². The second-order valence-corrected chi connectivity index (χ2v) is 8.55. The Morgan fingerprint density at radius 1 is 1.43 bits per heavy atom. The van der Waals surface area contributed by atoms with E-state index in [9.17, 15) is 12.8 Å². The molecule has 7 heteroatoms. The minimum Gasteiger partial charge on any atom is -0.310 e. The summed E-state index contributed by atoms with van der Waals surface area (Å²) in [6, 6.07) is 3.15. The van der Waals surface area contributed by atoms with Crippen LogP contribution >= 0.6 is 15.9 Å². The second kappa shape index (κ2) is 6.32. The van der Waals surface area contributed by atoms with Crippen LogP contribution in [-0.4, -0.2) is 31.9 Å². The van der Waals surface area contributed by atoms with Crippen LogP contribution < -0.4 is 5.32 Å². The summed E-state index contributed by atoms with van der Waals surface area (Å²) in [5.41, 5.74) is 0.348. The van der Waals surface area contributed by atoms with Crippen molar-refractivity contribution in [1.29, 1.82) is 0 Å². The lowest BCUT2D eigenvalue weighted by Gasteiger charge is -2.18. The molecule has 0 aliphatic heterocycles. The number of benzene rings is 1. The van der Waals surface area contributed by atoms with Gasteiger partial charge in [-0.1, -0.05) is 29.8 Å². The maximum absolute atomic E-state index is 14.6. The number of halogens is 2. The van der Waals surface area contributed by atoms with Crippen LogP contribution in [0.1, 0.15) is 32.3 Å². The van der Waals surface area contributed by atoms with E-state index in [2.05, 4.69) is 21.2 Å². The number of hydrogen-bond donors (Lipinski definition) is 1. The molecule has 1 fully saturated rings. The molecule has 1 aliphatic carbocycles. The molecular formula is C14H20BrFN2O2S. The molecule has 0 unspecified atom stereocenters. The molecule has 0 aromatic heterocycles. The predicted molar refractivity (Wildman–Crippen MR) is 84.0 cm³/mol. The third-order valence-corrected chi connectivity index (χ3v) is 5.87. The van der Waals surface area contributed by atoms with Crippen LogP contribution in [0.15, 0.2) is 21.5 Å². The normalized spacial score (nSPS) is 16.0. The van der Waals surface area contributed by atoms with E-state index in [0.29, 0.717) is 16.6 Å². The average Bonchev–Trinajstić information content (AvgIpc) is 3.22. The SMILES string of the molecule is CC(C)NCc1cc(Br)cc(S(=O)(=O)N(C)C2CC2)c1F. The van der Waals surface area contributed by atoms with E-state index in [0.717, 1.165) is 12.8 Å². The van der Waals surface area contributed by atoms with Gasteiger partial charge in [-0.15, -0.1) is 0 Å². The Bertz CT molecular complexity index is 630. The molecule has 21 heavy (non-hydrogen) atoms. The van der Waals surface area contributed by atoms with Crippen LogP contribution in [0.4, 0.5) is 4.39 Å². The fraction of sp³-hybridized carbons (Fsp3) is 0.571.